The van der Waals surface area contributed by atoms with Crippen molar-refractivity contribution in [2.75, 3.05) is 5.75 Å². The molecule has 3 amide bonds. The summed E-state index contributed by atoms with van der Waals surface area (Å²) in [6, 6.07) is -0.489. The summed E-state index contributed by atoms with van der Waals surface area (Å²) in [5.74, 6) is 0.641. The quantitative estimate of drug-likeness (QED) is 0.570. The molecule has 1 fully saturated rings. The Morgan fingerprint density at radius 2 is 2.23 bits per heavy atom. The van der Waals surface area contributed by atoms with Crippen LogP contribution in [0.25, 0.3) is 0 Å². The summed E-state index contributed by atoms with van der Waals surface area (Å²) in [7, 11) is 0. The van der Waals surface area contributed by atoms with E-state index in [1.807, 2.05) is 0 Å². The number of nitrogens with one attached hydrogen (secondary N) is 3. The molecule has 1 aliphatic rings. The Kier molecular flexibility index (Phi) is 4.04. The van der Waals surface area contributed by atoms with Gasteiger partial charge in [-0.2, -0.15) is 0 Å². The van der Waals surface area contributed by atoms with Gasteiger partial charge in [-0.15, -0.1) is 11.8 Å². The molecule has 1 atom stereocenters. The normalized spacial score (nSPS) is 22.4. The van der Waals surface area contributed by atoms with Crippen LogP contribution >= 0.6 is 11.8 Å². The van der Waals surface area contributed by atoms with Crippen LogP contribution in [0.3, 0.4) is 0 Å². The molecule has 1 rings (SSSR count). The Morgan fingerprint density at radius 1 is 1.46 bits per heavy atom. The fourth-order valence-electron chi connectivity index (χ4n) is 0.868. The summed E-state index contributed by atoms with van der Waals surface area (Å²) in [4.78, 5) is 21.8. The molecule has 0 aromatic rings. The van der Waals surface area contributed by atoms with E-state index in [0.717, 1.165) is 18.6 Å². The van der Waals surface area contributed by atoms with Crippen LogP contribution in [0.15, 0.2) is 0 Å². The first-order valence-electron chi connectivity index (χ1n) is 4.22. The van der Waals surface area contributed by atoms with Crippen LogP contribution in [0.2, 0.25) is 0 Å². The maximum Gasteiger partial charge on any atom is 0.335 e. The van der Waals surface area contributed by atoms with Gasteiger partial charge in [0.05, 0.1) is 0 Å². The zero-order valence-corrected chi connectivity index (χ0v) is 8.24. The molecule has 13 heavy (non-hydrogen) atoms. The first-order chi connectivity index (χ1) is 6.24. The molecule has 0 aliphatic carbocycles. The number of urea groups is 1. The van der Waals surface area contributed by atoms with E-state index in [1.54, 1.807) is 0 Å². The number of imide groups is 1. The molecule has 0 spiro atoms. The van der Waals surface area contributed by atoms with Crippen molar-refractivity contribution in [3.05, 3.63) is 0 Å². The minimum Gasteiger partial charge on any atom is -0.275 e. The van der Waals surface area contributed by atoms with Crippen LogP contribution in [0.1, 0.15) is 19.8 Å². The number of hydrogen-bond donors (Lipinski definition) is 3. The van der Waals surface area contributed by atoms with Crippen LogP contribution in [-0.4, -0.2) is 23.1 Å². The maximum absolute atomic E-state index is 11.1. The molecule has 3 N–H and O–H groups in total. The monoisotopic (exact) mass is 203 g/mol. The lowest BCUT2D eigenvalue weighted by molar-refractivity contribution is -0.120. The third-order valence-corrected chi connectivity index (χ3v) is 2.76. The standard InChI is InChI=1S/C7H13N3O2S/c1-2-3-4-13-6-5(11)8-7(12)10-9-6/h6,9H,2-4H2,1H3,(H2,8,10,11,12). The van der Waals surface area contributed by atoms with Gasteiger partial charge in [-0.1, -0.05) is 13.3 Å². The van der Waals surface area contributed by atoms with E-state index < -0.39 is 6.03 Å². The number of amides is 3. The van der Waals surface area contributed by atoms with Gasteiger partial charge in [0.1, 0.15) is 0 Å². The highest BCUT2D eigenvalue weighted by Gasteiger charge is 2.25. The van der Waals surface area contributed by atoms with Crippen molar-refractivity contribution < 1.29 is 9.59 Å². The van der Waals surface area contributed by atoms with Gasteiger partial charge in [0.15, 0.2) is 5.37 Å². The molecule has 6 heteroatoms. The smallest absolute Gasteiger partial charge is 0.275 e. The van der Waals surface area contributed by atoms with E-state index in [0.29, 0.717) is 0 Å². The molecule has 74 valence electrons. The van der Waals surface area contributed by atoms with Gasteiger partial charge in [-0.3, -0.25) is 15.5 Å². The summed E-state index contributed by atoms with van der Waals surface area (Å²) >= 11 is 1.49. The molecule has 0 aromatic carbocycles. The second-order valence-corrected chi connectivity index (χ2v) is 3.91. The van der Waals surface area contributed by atoms with E-state index in [1.165, 1.54) is 11.8 Å². The van der Waals surface area contributed by atoms with Gasteiger partial charge in [0.25, 0.3) is 5.91 Å². The van der Waals surface area contributed by atoms with Crippen LogP contribution in [0.4, 0.5) is 4.79 Å². The van der Waals surface area contributed by atoms with Crippen molar-refractivity contribution in [3.8, 4) is 0 Å². The number of rotatable bonds is 4. The Balaban J connectivity index is 2.26. The number of thioether (sulfide) groups is 1. The fourth-order valence-corrected chi connectivity index (χ4v) is 1.91. The molecule has 1 unspecified atom stereocenters. The van der Waals surface area contributed by atoms with Gasteiger partial charge in [-0.25, -0.2) is 10.2 Å². The highest BCUT2D eigenvalue weighted by Crippen LogP contribution is 2.11. The lowest BCUT2D eigenvalue weighted by atomic mass is 10.4. The number of carbonyl (C=O) groups is 2. The first kappa shape index (κ1) is 10.3. The molecule has 0 bridgehead atoms. The number of unbranched alkanes of at least 4 members (excludes halogenated alkanes) is 1. The summed E-state index contributed by atoms with van der Waals surface area (Å²) < 4.78 is 0. The van der Waals surface area contributed by atoms with E-state index in [-0.39, 0.29) is 11.3 Å². The van der Waals surface area contributed by atoms with Crippen molar-refractivity contribution in [1.29, 1.82) is 0 Å². The van der Waals surface area contributed by atoms with Crippen molar-refractivity contribution in [1.82, 2.24) is 16.2 Å². The molecule has 1 aliphatic heterocycles. The van der Waals surface area contributed by atoms with Gasteiger partial charge >= 0.3 is 6.03 Å². The zero-order chi connectivity index (χ0) is 9.68. The van der Waals surface area contributed by atoms with Crippen LogP contribution in [0.5, 0.6) is 0 Å². The Hall–Kier alpha value is -0.750. The average molecular weight is 203 g/mol. The van der Waals surface area contributed by atoms with E-state index in [2.05, 4.69) is 23.1 Å². The number of hydrogen-bond acceptors (Lipinski definition) is 4. The van der Waals surface area contributed by atoms with Gasteiger partial charge < -0.3 is 0 Å². The summed E-state index contributed by atoms with van der Waals surface area (Å²) in [5.41, 5.74) is 4.98. The molecular formula is C7H13N3O2S. The predicted octanol–water partition coefficient (Wildman–Crippen LogP) is 0.190. The SMILES string of the molecule is CCCCSC1NNC(=O)NC1=O. The average Bonchev–Trinajstić information content (AvgIpc) is 2.09. The fraction of sp³-hybridized carbons (Fsp3) is 0.714. The molecule has 0 aromatic heterocycles. The molecular weight excluding hydrogens is 190 g/mol. The van der Waals surface area contributed by atoms with Gasteiger partial charge in [0, 0.05) is 0 Å². The first-order valence-corrected chi connectivity index (χ1v) is 5.27. The lowest BCUT2D eigenvalue weighted by Gasteiger charge is -2.22. The summed E-state index contributed by atoms with van der Waals surface area (Å²) in [6.45, 7) is 2.09. The highest BCUT2D eigenvalue weighted by molar-refractivity contribution is 8.00. The second-order valence-electron chi connectivity index (χ2n) is 2.69. The molecule has 1 saturated heterocycles. The maximum atomic E-state index is 11.1. The highest BCUT2D eigenvalue weighted by atomic mass is 32.2. The van der Waals surface area contributed by atoms with Crippen LogP contribution in [-0.2, 0) is 4.79 Å². The summed E-state index contributed by atoms with van der Waals surface area (Å²) in [5, 5.41) is 1.83. The van der Waals surface area contributed by atoms with Crippen LogP contribution < -0.4 is 16.2 Å². The molecule has 5 nitrogen and oxygen atoms in total. The Morgan fingerprint density at radius 3 is 2.85 bits per heavy atom. The van der Waals surface area contributed by atoms with Crippen molar-refractivity contribution in [2.24, 2.45) is 0 Å². The predicted molar refractivity (Wildman–Crippen MR) is 51.0 cm³/mol. The molecule has 0 radical (unpaired) electrons. The van der Waals surface area contributed by atoms with E-state index in [9.17, 15) is 9.59 Å². The van der Waals surface area contributed by atoms with Crippen molar-refractivity contribution >= 4 is 23.7 Å². The lowest BCUT2D eigenvalue weighted by Crippen LogP contribution is -2.61. The Labute approximate surface area is 81.0 Å². The van der Waals surface area contributed by atoms with E-state index >= 15 is 0 Å². The molecule has 0 saturated carbocycles. The largest absolute Gasteiger partial charge is 0.335 e. The second kappa shape index (κ2) is 5.08. The topological polar surface area (TPSA) is 70.2 Å². The minimum atomic E-state index is -0.489. The number of hydrazine groups is 1. The van der Waals surface area contributed by atoms with Gasteiger partial charge in [0.2, 0.25) is 0 Å². The van der Waals surface area contributed by atoms with Crippen molar-refractivity contribution in [3.63, 3.8) is 0 Å². The number of carbonyl (C=O) groups excluding carboxylic acids is 2. The van der Waals surface area contributed by atoms with Crippen molar-refractivity contribution in [2.45, 2.75) is 25.1 Å². The van der Waals surface area contributed by atoms with Crippen LogP contribution in [0, 0.1) is 0 Å². The molecule has 1 heterocycles. The van der Waals surface area contributed by atoms with E-state index in [4.69, 9.17) is 0 Å². The minimum absolute atomic E-state index is 0.273. The third kappa shape index (κ3) is 3.23. The summed E-state index contributed by atoms with van der Waals surface area (Å²) in [6.07, 6.45) is 2.18. The third-order valence-electron chi connectivity index (χ3n) is 1.57. The Bertz CT molecular complexity index is 210. The zero-order valence-electron chi connectivity index (χ0n) is 7.42. The van der Waals surface area contributed by atoms with Gasteiger partial charge in [-0.05, 0) is 12.2 Å².